The molecule has 2 rings (SSSR count). The first-order valence-electron chi connectivity index (χ1n) is 6.82. The van der Waals surface area contributed by atoms with Crippen molar-refractivity contribution in [3.05, 3.63) is 29.8 Å². The first-order valence-corrected chi connectivity index (χ1v) is 6.82. The molecule has 0 N–H and O–H groups in total. The summed E-state index contributed by atoms with van der Waals surface area (Å²) in [5.74, 6) is 0.907. The van der Waals surface area contributed by atoms with E-state index in [4.69, 9.17) is 14.2 Å². The molecule has 1 aliphatic rings. The first kappa shape index (κ1) is 14.3. The van der Waals surface area contributed by atoms with E-state index in [9.17, 15) is 0 Å². The van der Waals surface area contributed by atoms with Crippen LogP contribution in [-0.4, -0.2) is 45.1 Å². The molecule has 0 radical (unpaired) electrons. The number of benzene rings is 1. The molecule has 1 fully saturated rings. The monoisotopic (exact) mass is 265 g/mol. The molecule has 1 aliphatic heterocycles. The van der Waals surface area contributed by atoms with Crippen molar-refractivity contribution in [2.45, 2.75) is 25.7 Å². The highest BCUT2D eigenvalue weighted by molar-refractivity contribution is 5.28. The Bertz CT molecular complexity index is 377. The summed E-state index contributed by atoms with van der Waals surface area (Å²) in [4.78, 5) is 2.27. The second-order valence-corrected chi connectivity index (χ2v) is 4.90. The maximum atomic E-state index is 5.55. The molecule has 0 bridgehead atoms. The summed E-state index contributed by atoms with van der Waals surface area (Å²) in [5, 5.41) is 0. The zero-order valence-electron chi connectivity index (χ0n) is 11.8. The third kappa shape index (κ3) is 4.82. The van der Waals surface area contributed by atoms with Crippen molar-refractivity contribution in [2.75, 3.05) is 33.9 Å². The molecule has 106 valence electrons. The minimum atomic E-state index is -0.0264. The average molecular weight is 265 g/mol. The van der Waals surface area contributed by atoms with E-state index < -0.39 is 0 Å². The molecule has 0 spiro atoms. The van der Waals surface area contributed by atoms with E-state index in [2.05, 4.69) is 24.1 Å². The lowest BCUT2D eigenvalue weighted by molar-refractivity contribution is -0.182. The van der Waals surface area contributed by atoms with Crippen LogP contribution in [0.1, 0.15) is 18.4 Å². The molecule has 1 aromatic rings. The van der Waals surface area contributed by atoms with Crippen LogP contribution in [0.5, 0.6) is 5.75 Å². The van der Waals surface area contributed by atoms with E-state index in [1.165, 1.54) is 5.56 Å². The summed E-state index contributed by atoms with van der Waals surface area (Å²) >= 11 is 0. The maximum Gasteiger partial charge on any atom is 0.158 e. The molecule has 0 aliphatic carbocycles. The summed E-state index contributed by atoms with van der Waals surface area (Å²) < 4.78 is 16.3. The summed E-state index contributed by atoms with van der Waals surface area (Å²) in [5.41, 5.74) is 1.26. The zero-order chi connectivity index (χ0) is 13.5. The minimum absolute atomic E-state index is 0.0264. The standard InChI is InChI=1S/C15H23NO3/c1-16(8-7-15-18-9-4-10-19-15)12-13-5-3-6-14(11-13)17-2/h3,5-6,11,15H,4,7-10,12H2,1-2H3. The Hall–Kier alpha value is -1.10. The van der Waals surface area contributed by atoms with Gasteiger partial charge in [0.1, 0.15) is 5.75 Å². The number of nitrogens with zero attached hydrogens (tertiary/aromatic N) is 1. The van der Waals surface area contributed by atoms with Crippen molar-refractivity contribution in [3.63, 3.8) is 0 Å². The summed E-state index contributed by atoms with van der Waals surface area (Å²) in [6.45, 7) is 3.51. The predicted octanol–water partition coefficient (Wildman–Crippen LogP) is 2.28. The van der Waals surface area contributed by atoms with Crippen LogP contribution < -0.4 is 4.74 Å². The third-order valence-corrected chi connectivity index (χ3v) is 3.23. The van der Waals surface area contributed by atoms with E-state index in [1.54, 1.807) is 7.11 Å². The minimum Gasteiger partial charge on any atom is -0.497 e. The molecule has 0 unspecified atom stereocenters. The SMILES string of the molecule is COc1cccc(CN(C)CCC2OCCCO2)c1. The van der Waals surface area contributed by atoms with E-state index in [0.717, 1.165) is 44.9 Å². The highest BCUT2D eigenvalue weighted by Crippen LogP contribution is 2.15. The Morgan fingerprint density at radius 1 is 1.32 bits per heavy atom. The Morgan fingerprint density at radius 3 is 2.84 bits per heavy atom. The molecule has 1 aromatic carbocycles. The van der Waals surface area contributed by atoms with Crippen LogP contribution in [0.3, 0.4) is 0 Å². The van der Waals surface area contributed by atoms with Gasteiger partial charge in [-0.3, -0.25) is 0 Å². The van der Waals surface area contributed by atoms with Crippen LogP contribution in [0.25, 0.3) is 0 Å². The average Bonchev–Trinajstić information content (AvgIpc) is 2.46. The lowest BCUT2D eigenvalue weighted by Gasteiger charge is -2.25. The van der Waals surface area contributed by atoms with E-state index in [1.807, 2.05) is 12.1 Å². The van der Waals surface area contributed by atoms with Gasteiger partial charge in [-0.1, -0.05) is 12.1 Å². The molecule has 19 heavy (non-hydrogen) atoms. The Kier molecular flexibility index (Phi) is 5.63. The van der Waals surface area contributed by atoms with Gasteiger partial charge in [0.05, 0.1) is 20.3 Å². The number of ether oxygens (including phenoxy) is 3. The zero-order valence-corrected chi connectivity index (χ0v) is 11.8. The Labute approximate surface area is 115 Å². The van der Waals surface area contributed by atoms with Gasteiger partial charge in [0.15, 0.2) is 6.29 Å². The van der Waals surface area contributed by atoms with Crippen molar-refractivity contribution in [1.29, 1.82) is 0 Å². The summed E-state index contributed by atoms with van der Waals surface area (Å²) in [7, 11) is 3.81. The quantitative estimate of drug-likeness (QED) is 0.789. The number of hydrogen-bond donors (Lipinski definition) is 0. The Balaban J connectivity index is 1.75. The summed E-state index contributed by atoms with van der Waals surface area (Å²) in [6, 6.07) is 8.18. The topological polar surface area (TPSA) is 30.9 Å². The second-order valence-electron chi connectivity index (χ2n) is 4.90. The second kappa shape index (κ2) is 7.48. The van der Waals surface area contributed by atoms with E-state index in [-0.39, 0.29) is 6.29 Å². The molecule has 0 saturated carbocycles. The molecule has 0 aromatic heterocycles. The number of methoxy groups -OCH3 is 1. The Morgan fingerprint density at radius 2 is 2.11 bits per heavy atom. The fourth-order valence-corrected chi connectivity index (χ4v) is 2.19. The third-order valence-electron chi connectivity index (χ3n) is 3.23. The van der Waals surface area contributed by atoms with E-state index >= 15 is 0 Å². The van der Waals surface area contributed by atoms with Crippen LogP contribution in [0.2, 0.25) is 0 Å². The van der Waals surface area contributed by atoms with Crippen LogP contribution in [0, 0.1) is 0 Å². The van der Waals surface area contributed by atoms with Crippen LogP contribution in [0.4, 0.5) is 0 Å². The fourth-order valence-electron chi connectivity index (χ4n) is 2.19. The van der Waals surface area contributed by atoms with Gasteiger partial charge in [-0.05, 0) is 31.2 Å². The van der Waals surface area contributed by atoms with Crippen LogP contribution in [-0.2, 0) is 16.0 Å². The molecule has 1 saturated heterocycles. The van der Waals surface area contributed by atoms with E-state index in [0.29, 0.717) is 0 Å². The lowest BCUT2D eigenvalue weighted by Crippen LogP contribution is -2.29. The summed E-state index contributed by atoms with van der Waals surface area (Å²) in [6.07, 6.45) is 1.90. The van der Waals surface area contributed by atoms with Gasteiger partial charge >= 0.3 is 0 Å². The molecule has 4 heteroatoms. The molecular formula is C15H23NO3. The van der Waals surface area contributed by atoms with Gasteiger partial charge < -0.3 is 19.1 Å². The van der Waals surface area contributed by atoms with Crippen molar-refractivity contribution >= 4 is 0 Å². The van der Waals surface area contributed by atoms with Crippen molar-refractivity contribution in [3.8, 4) is 5.75 Å². The van der Waals surface area contributed by atoms with Gasteiger partial charge in [-0.2, -0.15) is 0 Å². The highest BCUT2D eigenvalue weighted by atomic mass is 16.7. The van der Waals surface area contributed by atoms with Gasteiger partial charge in [0, 0.05) is 19.5 Å². The molecular weight excluding hydrogens is 242 g/mol. The van der Waals surface area contributed by atoms with Gasteiger partial charge in [0.25, 0.3) is 0 Å². The van der Waals surface area contributed by atoms with Crippen molar-refractivity contribution < 1.29 is 14.2 Å². The lowest BCUT2D eigenvalue weighted by atomic mass is 10.2. The number of rotatable bonds is 6. The molecule has 1 heterocycles. The van der Waals surface area contributed by atoms with Gasteiger partial charge in [-0.15, -0.1) is 0 Å². The van der Waals surface area contributed by atoms with Crippen LogP contribution >= 0.6 is 0 Å². The largest absolute Gasteiger partial charge is 0.497 e. The fraction of sp³-hybridized carbons (Fsp3) is 0.600. The number of hydrogen-bond acceptors (Lipinski definition) is 4. The maximum absolute atomic E-state index is 5.55. The van der Waals surface area contributed by atoms with Gasteiger partial charge in [0.2, 0.25) is 0 Å². The normalized spacial score (nSPS) is 16.8. The van der Waals surface area contributed by atoms with Gasteiger partial charge in [-0.25, -0.2) is 0 Å². The molecule has 0 atom stereocenters. The first-order chi connectivity index (χ1) is 9.28. The van der Waals surface area contributed by atoms with Crippen molar-refractivity contribution in [1.82, 2.24) is 4.90 Å². The highest BCUT2D eigenvalue weighted by Gasteiger charge is 2.14. The smallest absolute Gasteiger partial charge is 0.158 e. The van der Waals surface area contributed by atoms with Crippen LogP contribution in [0.15, 0.2) is 24.3 Å². The van der Waals surface area contributed by atoms with Crippen molar-refractivity contribution in [2.24, 2.45) is 0 Å². The predicted molar refractivity (Wildman–Crippen MR) is 74.3 cm³/mol. The molecule has 0 amide bonds. The molecule has 4 nitrogen and oxygen atoms in total.